The Hall–Kier alpha value is -2.13. The average molecular weight is 905 g/mol. The topological polar surface area (TPSA) is 182 Å². The molecule has 13 heteroatoms. The first kappa shape index (κ1) is 52.8. The molecular weight excluding hydrogens is 817 g/mol. The second-order valence-corrected chi connectivity index (χ2v) is 21.1. The van der Waals surface area contributed by atoms with Gasteiger partial charge in [0.25, 0.3) is 0 Å². The van der Waals surface area contributed by atoms with E-state index >= 15 is 0 Å². The summed E-state index contributed by atoms with van der Waals surface area (Å²) in [6.45, 7) is 22.5. The van der Waals surface area contributed by atoms with Gasteiger partial charge in [0.05, 0.1) is 53.7 Å². The van der Waals surface area contributed by atoms with Gasteiger partial charge < -0.3 is 49.6 Å². The molecule has 64 heavy (non-hydrogen) atoms. The normalized spacial score (nSPS) is 40.1. The van der Waals surface area contributed by atoms with Crippen LogP contribution in [0.4, 0.5) is 4.79 Å². The standard InChI is InChI=1S/C51H88N2O11/c1-12-16-17-18-19-20-29-52-47(58)53-40-23-26-50(64-51(40)28-27-48(11,63-51)41-24-25-49(59,15-4)36(10)60-41)33(7)30-32(6)45(62-50)38(14-3)43(55)34(8)42(54)35(9)44-31(5)21-22-39(61-44)37(13-2)46(56)57/h23,26,31-42,44-45,54,59H,12-22,24-25,27-30H2,1-11H3,(H,56,57)(H2,52,53,58)/t31-,32-,33+,34-,35-,36-,37+,38-,39+,40-,41+,42+,44+,45-,48-,49+,50-,51-/m0/s1. The third-order valence-electron chi connectivity index (χ3n) is 16.6. The molecule has 0 aromatic heterocycles. The summed E-state index contributed by atoms with van der Waals surface area (Å²) in [5.41, 5.74) is -1.69. The zero-order chi connectivity index (χ0) is 47.2. The number of carbonyl (C=O) groups excluding carboxylic acids is 2. The summed E-state index contributed by atoms with van der Waals surface area (Å²) in [7, 11) is 0. The summed E-state index contributed by atoms with van der Waals surface area (Å²) >= 11 is 0. The molecule has 13 nitrogen and oxygen atoms in total. The first-order valence-corrected chi connectivity index (χ1v) is 25.5. The van der Waals surface area contributed by atoms with Crippen LogP contribution in [-0.4, -0.2) is 105 Å². The molecule has 5 aliphatic heterocycles. The Morgan fingerprint density at radius 1 is 0.828 bits per heavy atom. The van der Waals surface area contributed by atoms with Crippen LogP contribution in [0.15, 0.2) is 12.2 Å². The molecule has 0 saturated carbocycles. The lowest BCUT2D eigenvalue weighted by Crippen LogP contribution is -2.66. The molecule has 5 aliphatic rings. The molecule has 18 atom stereocenters. The van der Waals surface area contributed by atoms with Gasteiger partial charge in [-0.15, -0.1) is 0 Å². The maximum absolute atomic E-state index is 14.7. The number of hydrogen-bond acceptors (Lipinski definition) is 10. The van der Waals surface area contributed by atoms with Crippen LogP contribution < -0.4 is 10.6 Å². The van der Waals surface area contributed by atoms with Crippen LogP contribution >= 0.6 is 0 Å². The van der Waals surface area contributed by atoms with Crippen molar-refractivity contribution in [2.45, 2.75) is 244 Å². The summed E-state index contributed by atoms with van der Waals surface area (Å²) in [6, 6.07) is -0.952. The molecule has 5 N–H and O–H groups in total. The molecule has 0 radical (unpaired) electrons. The molecule has 0 unspecified atom stereocenters. The minimum atomic E-state index is -1.32. The zero-order valence-corrected chi connectivity index (χ0v) is 41.4. The number of unbranched alkanes of at least 4 members (excludes halogenated alkanes) is 5. The zero-order valence-electron chi connectivity index (χ0n) is 41.4. The van der Waals surface area contributed by atoms with Gasteiger partial charge >= 0.3 is 12.0 Å². The molecule has 0 aromatic carbocycles. The first-order chi connectivity index (χ1) is 30.2. The number of carboxylic acid groups (broad SMARTS) is 1. The smallest absolute Gasteiger partial charge is 0.315 e. The number of hydrogen-bond donors (Lipinski definition) is 5. The van der Waals surface area contributed by atoms with Crippen molar-refractivity contribution in [3.05, 3.63) is 12.2 Å². The predicted molar refractivity (Wildman–Crippen MR) is 246 cm³/mol. The van der Waals surface area contributed by atoms with Gasteiger partial charge in [-0.3, -0.25) is 9.59 Å². The van der Waals surface area contributed by atoms with Gasteiger partial charge in [0.2, 0.25) is 0 Å². The maximum atomic E-state index is 14.7. The van der Waals surface area contributed by atoms with Crippen molar-refractivity contribution in [3.63, 3.8) is 0 Å². The van der Waals surface area contributed by atoms with E-state index in [1.54, 1.807) is 6.92 Å². The van der Waals surface area contributed by atoms with Crippen molar-refractivity contribution < 1.29 is 53.4 Å². The van der Waals surface area contributed by atoms with Gasteiger partial charge in [0.1, 0.15) is 11.8 Å². The lowest BCUT2D eigenvalue weighted by Gasteiger charge is -2.55. The number of rotatable bonds is 20. The second kappa shape index (κ2) is 22.3. The Balaban J connectivity index is 1.36. The van der Waals surface area contributed by atoms with Gasteiger partial charge in [-0.1, -0.05) is 100 Å². The van der Waals surface area contributed by atoms with Crippen molar-refractivity contribution in [1.82, 2.24) is 10.6 Å². The van der Waals surface area contributed by atoms with Crippen LogP contribution in [0.3, 0.4) is 0 Å². The fourth-order valence-corrected chi connectivity index (χ4v) is 12.0. The van der Waals surface area contributed by atoms with Crippen molar-refractivity contribution in [2.24, 2.45) is 41.4 Å². The molecule has 4 saturated heterocycles. The summed E-state index contributed by atoms with van der Waals surface area (Å²) in [4.78, 5) is 40.3. The molecule has 5 rings (SSSR count). The molecule has 0 aromatic rings. The third-order valence-corrected chi connectivity index (χ3v) is 16.6. The van der Waals surface area contributed by atoms with Crippen molar-refractivity contribution >= 4 is 17.8 Å². The SMILES string of the molecule is CCCCCCCCNC(=O)N[C@H]1C=C[C@]2(O[C@H]([C@@H](CC)C(=O)[C@@H](C)[C@@H](O)[C@H](C)[C@@H]3O[C@@H]([C@@H](CC)C(=O)O)CC[C@@H]3C)[C@@H](C)C[C@H]2C)O[C@@]12CC[C@@](C)([C@H]1CC[C@](O)(CC)[C@H](C)O1)O2. The van der Waals surface area contributed by atoms with E-state index in [-0.39, 0.29) is 47.9 Å². The van der Waals surface area contributed by atoms with Gasteiger partial charge in [0, 0.05) is 36.6 Å². The van der Waals surface area contributed by atoms with E-state index in [2.05, 4.69) is 38.3 Å². The second-order valence-electron chi connectivity index (χ2n) is 21.1. The van der Waals surface area contributed by atoms with Gasteiger partial charge in [0.15, 0.2) is 11.6 Å². The number of carbonyl (C=O) groups is 3. The molecular formula is C51H88N2O11. The van der Waals surface area contributed by atoms with E-state index in [9.17, 15) is 29.7 Å². The van der Waals surface area contributed by atoms with Crippen LogP contribution in [0.2, 0.25) is 0 Å². The number of amides is 2. The van der Waals surface area contributed by atoms with E-state index in [4.69, 9.17) is 23.7 Å². The summed E-state index contributed by atoms with van der Waals surface area (Å²) in [5, 5.41) is 39.3. The predicted octanol–water partition coefficient (Wildman–Crippen LogP) is 8.86. The van der Waals surface area contributed by atoms with Crippen LogP contribution in [0, 0.1) is 41.4 Å². The van der Waals surface area contributed by atoms with Gasteiger partial charge in [-0.2, -0.15) is 0 Å². The minimum absolute atomic E-state index is 0.0125. The van der Waals surface area contributed by atoms with E-state index in [0.717, 1.165) is 25.7 Å². The van der Waals surface area contributed by atoms with E-state index in [1.165, 1.54) is 19.3 Å². The van der Waals surface area contributed by atoms with Crippen molar-refractivity contribution in [1.29, 1.82) is 0 Å². The number of aliphatic carboxylic acids is 1. The number of nitrogens with one attached hydrogen (secondary N) is 2. The molecule has 4 fully saturated rings. The number of ketones is 1. The van der Waals surface area contributed by atoms with Crippen LogP contribution in [-0.2, 0) is 33.3 Å². The largest absolute Gasteiger partial charge is 0.481 e. The number of carboxylic acids is 1. The number of Topliss-reactive ketones (excluding diaryl/α,β-unsaturated/α-hetero) is 1. The molecule has 2 amide bonds. The first-order valence-electron chi connectivity index (χ1n) is 25.5. The third kappa shape index (κ3) is 11.4. The monoisotopic (exact) mass is 905 g/mol. The number of aliphatic hydroxyl groups is 2. The van der Waals surface area contributed by atoms with Gasteiger partial charge in [-0.05, 0) is 96.0 Å². The van der Waals surface area contributed by atoms with Crippen molar-refractivity contribution in [2.75, 3.05) is 6.54 Å². The molecule has 0 aliphatic carbocycles. The Labute approximate surface area is 385 Å². The Morgan fingerprint density at radius 3 is 2.16 bits per heavy atom. The highest BCUT2D eigenvalue weighted by atomic mass is 16.8. The van der Waals surface area contributed by atoms with Gasteiger partial charge in [-0.25, -0.2) is 4.79 Å². The summed E-state index contributed by atoms with van der Waals surface area (Å²) < 4.78 is 34.7. The molecule has 368 valence electrons. The highest BCUT2D eigenvalue weighted by Crippen LogP contribution is 2.54. The number of ether oxygens (including phenoxy) is 5. The summed E-state index contributed by atoms with van der Waals surface area (Å²) in [5.74, 6) is -5.92. The fourth-order valence-electron chi connectivity index (χ4n) is 12.0. The van der Waals surface area contributed by atoms with E-state index in [0.29, 0.717) is 64.3 Å². The molecule has 0 bridgehead atoms. The summed E-state index contributed by atoms with van der Waals surface area (Å²) in [6.07, 6.45) is 13.4. The number of aliphatic hydroxyl groups excluding tert-OH is 1. The number of urea groups is 1. The fraction of sp³-hybridized carbons (Fsp3) is 0.902. The minimum Gasteiger partial charge on any atom is -0.481 e. The average Bonchev–Trinajstić information content (AvgIpc) is 3.61. The lowest BCUT2D eigenvalue weighted by atomic mass is 9.72. The molecule has 2 spiro atoms. The highest BCUT2D eigenvalue weighted by Gasteiger charge is 2.63. The van der Waals surface area contributed by atoms with Crippen molar-refractivity contribution in [3.8, 4) is 0 Å². The van der Waals surface area contributed by atoms with E-state index in [1.807, 2.05) is 53.7 Å². The molecule has 5 heterocycles. The Bertz CT molecular complexity index is 1580. The Kier molecular flexibility index (Phi) is 18.4. The quantitative estimate of drug-likeness (QED) is 0.0582. The van der Waals surface area contributed by atoms with Crippen LogP contribution in [0.1, 0.15) is 179 Å². The Morgan fingerprint density at radius 2 is 1.52 bits per heavy atom. The lowest BCUT2D eigenvalue weighted by molar-refractivity contribution is -0.397. The maximum Gasteiger partial charge on any atom is 0.315 e. The highest BCUT2D eigenvalue weighted by molar-refractivity contribution is 5.84. The van der Waals surface area contributed by atoms with E-state index < -0.39 is 76.8 Å². The van der Waals surface area contributed by atoms with Crippen LogP contribution in [0.5, 0.6) is 0 Å². The van der Waals surface area contributed by atoms with Crippen LogP contribution in [0.25, 0.3) is 0 Å².